The van der Waals surface area contributed by atoms with Crippen molar-refractivity contribution in [1.82, 2.24) is 5.32 Å². The average Bonchev–Trinajstić information content (AvgIpc) is 2.42. The van der Waals surface area contributed by atoms with E-state index in [2.05, 4.69) is 5.32 Å². The summed E-state index contributed by atoms with van der Waals surface area (Å²) in [6.45, 7) is 2.41. The maximum absolute atomic E-state index is 13.9. The molecule has 5 heteroatoms. The van der Waals surface area contributed by atoms with Gasteiger partial charge in [-0.05, 0) is 36.7 Å². The molecule has 2 aromatic carbocycles. The fourth-order valence-electron chi connectivity index (χ4n) is 2.22. The summed E-state index contributed by atoms with van der Waals surface area (Å²) >= 11 is 0. The van der Waals surface area contributed by atoms with Crippen LogP contribution >= 0.6 is 0 Å². The quantitative estimate of drug-likeness (QED) is 0.818. The van der Waals surface area contributed by atoms with Gasteiger partial charge in [0.25, 0.3) is 0 Å². The molecule has 21 heavy (non-hydrogen) atoms. The first-order valence-corrected chi connectivity index (χ1v) is 6.63. The SMILES string of the molecule is CCNC(Cc1ccc(F)c(F)c1)c1ccc(F)cc1F. The Morgan fingerprint density at radius 2 is 1.67 bits per heavy atom. The smallest absolute Gasteiger partial charge is 0.159 e. The van der Waals surface area contributed by atoms with Crippen molar-refractivity contribution in [3.8, 4) is 0 Å². The second-order valence-corrected chi connectivity index (χ2v) is 4.73. The van der Waals surface area contributed by atoms with Gasteiger partial charge in [0.1, 0.15) is 11.6 Å². The monoisotopic (exact) mass is 297 g/mol. The predicted molar refractivity (Wildman–Crippen MR) is 72.8 cm³/mol. The third-order valence-corrected chi connectivity index (χ3v) is 3.21. The highest BCUT2D eigenvalue weighted by Gasteiger charge is 2.17. The van der Waals surface area contributed by atoms with Gasteiger partial charge in [0.05, 0.1) is 0 Å². The molecule has 1 atom stereocenters. The lowest BCUT2D eigenvalue weighted by atomic mass is 9.98. The van der Waals surface area contributed by atoms with Crippen molar-refractivity contribution in [1.29, 1.82) is 0 Å². The number of hydrogen-bond donors (Lipinski definition) is 1. The molecule has 0 amide bonds. The van der Waals surface area contributed by atoms with Gasteiger partial charge < -0.3 is 5.32 Å². The minimum Gasteiger partial charge on any atom is -0.310 e. The first-order valence-electron chi connectivity index (χ1n) is 6.63. The van der Waals surface area contributed by atoms with Gasteiger partial charge in [-0.25, -0.2) is 17.6 Å². The van der Waals surface area contributed by atoms with Crippen LogP contribution in [0.15, 0.2) is 36.4 Å². The minimum absolute atomic E-state index is 0.271. The normalized spacial score (nSPS) is 12.4. The number of halogens is 4. The van der Waals surface area contributed by atoms with Gasteiger partial charge in [-0.15, -0.1) is 0 Å². The van der Waals surface area contributed by atoms with Crippen LogP contribution in [0.5, 0.6) is 0 Å². The molecule has 0 aliphatic heterocycles. The number of hydrogen-bond acceptors (Lipinski definition) is 1. The van der Waals surface area contributed by atoms with Crippen LogP contribution in [0, 0.1) is 23.3 Å². The molecule has 0 aliphatic carbocycles. The molecule has 0 saturated carbocycles. The predicted octanol–water partition coefficient (Wildman–Crippen LogP) is 4.14. The standard InChI is InChI=1S/C16H15F4N/c1-2-21-16(12-5-4-11(17)9-14(12)19)8-10-3-6-13(18)15(20)7-10/h3-7,9,16,21H,2,8H2,1H3. The lowest BCUT2D eigenvalue weighted by Crippen LogP contribution is -2.24. The zero-order chi connectivity index (χ0) is 15.4. The Morgan fingerprint density at radius 3 is 2.29 bits per heavy atom. The van der Waals surface area contributed by atoms with Gasteiger partial charge in [0.2, 0.25) is 0 Å². The molecule has 0 radical (unpaired) electrons. The maximum atomic E-state index is 13.9. The van der Waals surface area contributed by atoms with Crippen LogP contribution in [-0.2, 0) is 6.42 Å². The van der Waals surface area contributed by atoms with E-state index in [4.69, 9.17) is 0 Å². The molecule has 0 spiro atoms. The number of rotatable bonds is 5. The van der Waals surface area contributed by atoms with Gasteiger partial charge in [0, 0.05) is 17.7 Å². The molecule has 0 aliphatic rings. The highest BCUT2D eigenvalue weighted by atomic mass is 19.2. The molecule has 1 N–H and O–H groups in total. The Labute approximate surface area is 120 Å². The molecule has 0 fully saturated rings. The largest absolute Gasteiger partial charge is 0.310 e. The van der Waals surface area contributed by atoms with E-state index in [1.165, 1.54) is 18.2 Å². The van der Waals surface area contributed by atoms with Gasteiger partial charge in [0.15, 0.2) is 11.6 Å². The van der Waals surface area contributed by atoms with Crippen LogP contribution < -0.4 is 5.32 Å². The lowest BCUT2D eigenvalue weighted by molar-refractivity contribution is 0.492. The van der Waals surface area contributed by atoms with Crippen molar-refractivity contribution in [2.24, 2.45) is 0 Å². The molecule has 1 nitrogen and oxygen atoms in total. The van der Waals surface area contributed by atoms with Crippen LogP contribution in [0.4, 0.5) is 17.6 Å². The van der Waals surface area contributed by atoms with Crippen molar-refractivity contribution in [3.63, 3.8) is 0 Å². The van der Waals surface area contributed by atoms with E-state index in [9.17, 15) is 17.6 Å². The minimum atomic E-state index is -0.942. The summed E-state index contributed by atoms with van der Waals surface area (Å²) in [6.07, 6.45) is 0.271. The van der Waals surface area contributed by atoms with E-state index in [1.807, 2.05) is 6.92 Å². The van der Waals surface area contributed by atoms with E-state index in [0.717, 1.165) is 18.2 Å². The molecule has 0 heterocycles. The van der Waals surface area contributed by atoms with Crippen molar-refractivity contribution >= 4 is 0 Å². The third-order valence-electron chi connectivity index (χ3n) is 3.21. The Hall–Kier alpha value is -1.88. The highest BCUT2D eigenvalue weighted by Crippen LogP contribution is 2.23. The Kier molecular flexibility index (Phi) is 4.96. The van der Waals surface area contributed by atoms with E-state index >= 15 is 0 Å². The zero-order valence-corrected chi connectivity index (χ0v) is 11.5. The molecule has 112 valence electrons. The number of likely N-dealkylation sites (N-methyl/N-ethyl adjacent to an activating group) is 1. The first kappa shape index (κ1) is 15.5. The molecule has 1 unspecified atom stereocenters. The summed E-state index contributed by atoms with van der Waals surface area (Å²) in [7, 11) is 0. The third kappa shape index (κ3) is 3.82. The van der Waals surface area contributed by atoms with Crippen molar-refractivity contribution in [2.45, 2.75) is 19.4 Å². The topological polar surface area (TPSA) is 12.0 Å². The van der Waals surface area contributed by atoms with Crippen LogP contribution in [0.2, 0.25) is 0 Å². The summed E-state index contributed by atoms with van der Waals surface area (Å²) in [4.78, 5) is 0. The summed E-state index contributed by atoms with van der Waals surface area (Å²) in [5, 5.41) is 3.06. The molecule has 2 rings (SSSR count). The fourth-order valence-corrected chi connectivity index (χ4v) is 2.22. The zero-order valence-electron chi connectivity index (χ0n) is 11.5. The van der Waals surface area contributed by atoms with E-state index in [1.54, 1.807) is 0 Å². The van der Waals surface area contributed by atoms with Crippen LogP contribution in [0.1, 0.15) is 24.1 Å². The van der Waals surface area contributed by atoms with Crippen molar-refractivity contribution in [3.05, 3.63) is 70.8 Å². The summed E-state index contributed by atoms with van der Waals surface area (Å²) < 4.78 is 53.0. The van der Waals surface area contributed by atoms with Crippen LogP contribution in [0.3, 0.4) is 0 Å². The van der Waals surface area contributed by atoms with E-state index in [-0.39, 0.29) is 6.42 Å². The lowest BCUT2D eigenvalue weighted by Gasteiger charge is -2.19. The summed E-state index contributed by atoms with van der Waals surface area (Å²) in [6, 6.07) is 6.47. The van der Waals surface area contributed by atoms with Crippen molar-refractivity contribution < 1.29 is 17.6 Å². The van der Waals surface area contributed by atoms with Crippen LogP contribution in [0.25, 0.3) is 0 Å². The molecule has 0 saturated heterocycles. The highest BCUT2D eigenvalue weighted by molar-refractivity contribution is 5.26. The van der Waals surface area contributed by atoms with E-state index in [0.29, 0.717) is 17.7 Å². The van der Waals surface area contributed by atoms with Gasteiger partial charge in [-0.1, -0.05) is 19.1 Å². The van der Waals surface area contributed by atoms with E-state index < -0.39 is 29.3 Å². The Bertz CT molecular complexity index is 628. The van der Waals surface area contributed by atoms with Crippen molar-refractivity contribution in [2.75, 3.05) is 6.54 Å². The van der Waals surface area contributed by atoms with Gasteiger partial charge in [-0.3, -0.25) is 0 Å². The number of benzene rings is 2. The number of nitrogens with one attached hydrogen (secondary N) is 1. The Balaban J connectivity index is 2.28. The van der Waals surface area contributed by atoms with Gasteiger partial charge in [-0.2, -0.15) is 0 Å². The first-order chi connectivity index (χ1) is 10.0. The Morgan fingerprint density at radius 1 is 0.905 bits per heavy atom. The molecular weight excluding hydrogens is 282 g/mol. The van der Waals surface area contributed by atoms with Gasteiger partial charge >= 0.3 is 0 Å². The average molecular weight is 297 g/mol. The second-order valence-electron chi connectivity index (χ2n) is 4.73. The molecular formula is C16H15F4N. The maximum Gasteiger partial charge on any atom is 0.159 e. The van der Waals surface area contributed by atoms with Crippen LogP contribution in [-0.4, -0.2) is 6.54 Å². The molecule has 0 bridgehead atoms. The fraction of sp³-hybridized carbons (Fsp3) is 0.250. The summed E-state index contributed by atoms with van der Waals surface area (Å²) in [5.74, 6) is -3.18. The molecule has 2 aromatic rings. The molecule has 0 aromatic heterocycles. The second kappa shape index (κ2) is 6.72. The summed E-state index contributed by atoms with van der Waals surface area (Å²) in [5.41, 5.74) is 0.826.